The molecule has 21 heavy (non-hydrogen) atoms. The van der Waals surface area contributed by atoms with Gasteiger partial charge in [0.2, 0.25) is 0 Å². The highest BCUT2D eigenvalue weighted by molar-refractivity contribution is 5.18. The molecule has 2 rings (SSSR count). The van der Waals surface area contributed by atoms with Crippen molar-refractivity contribution in [3.63, 3.8) is 0 Å². The van der Waals surface area contributed by atoms with Crippen molar-refractivity contribution >= 4 is 0 Å². The Morgan fingerprint density at radius 2 is 2.10 bits per heavy atom. The summed E-state index contributed by atoms with van der Waals surface area (Å²) in [6.45, 7) is 6.51. The standard InChI is InChI=1S/C17H27FN2O/c1-3-20-11-7-16(8-12-20)19(2)10-9-17(21)14-5-4-6-15(18)13-14/h4-6,13,16-17,21H,3,7-12H2,1-2H3. The number of piperidine rings is 1. The maximum atomic E-state index is 13.2. The van der Waals surface area contributed by atoms with Gasteiger partial charge in [-0.15, -0.1) is 0 Å². The number of likely N-dealkylation sites (tertiary alicyclic amines) is 1. The third-order valence-electron chi connectivity index (χ3n) is 4.62. The maximum absolute atomic E-state index is 13.2. The van der Waals surface area contributed by atoms with E-state index in [-0.39, 0.29) is 5.82 Å². The zero-order chi connectivity index (χ0) is 15.2. The second kappa shape index (κ2) is 7.87. The maximum Gasteiger partial charge on any atom is 0.123 e. The summed E-state index contributed by atoms with van der Waals surface area (Å²) >= 11 is 0. The van der Waals surface area contributed by atoms with Gasteiger partial charge in [0.25, 0.3) is 0 Å². The second-order valence-electron chi connectivity index (χ2n) is 6.01. The molecule has 118 valence electrons. The molecular formula is C17H27FN2O. The van der Waals surface area contributed by atoms with Crippen LogP contribution in [-0.2, 0) is 0 Å². The van der Waals surface area contributed by atoms with Crippen LogP contribution in [0, 0.1) is 5.82 Å². The van der Waals surface area contributed by atoms with Crippen LogP contribution in [0.2, 0.25) is 0 Å². The van der Waals surface area contributed by atoms with Crippen LogP contribution < -0.4 is 0 Å². The fourth-order valence-electron chi connectivity index (χ4n) is 3.07. The minimum Gasteiger partial charge on any atom is -0.388 e. The molecule has 1 aliphatic heterocycles. The van der Waals surface area contributed by atoms with Crippen molar-refractivity contribution in [3.8, 4) is 0 Å². The third kappa shape index (κ3) is 4.77. The van der Waals surface area contributed by atoms with Crippen LogP contribution in [0.1, 0.15) is 37.9 Å². The van der Waals surface area contributed by atoms with E-state index in [1.54, 1.807) is 12.1 Å². The minimum atomic E-state index is -0.584. The Hall–Kier alpha value is -0.970. The van der Waals surface area contributed by atoms with Crippen molar-refractivity contribution in [3.05, 3.63) is 35.6 Å². The summed E-state index contributed by atoms with van der Waals surface area (Å²) in [5, 5.41) is 10.2. The van der Waals surface area contributed by atoms with Gasteiger partial charge in [0.05, 0.1) is 6.10 Å². The Kier molecular flexibility index (Phi) is 6.15. The van der Waals surface area contributed by atoms with E-state index in [1.807, 2.05) is 0 Å². The molecule has 1 atom stereocenters. The molecule has 1 heterocycles. The summed E-state index contributed by atoms with van der Waals surface area (Å²) in [7, 11) is 2.13. The summed E-state index contributed by atoms with van der Waals surface area (Å²) in [6.07, 6.45) is 2.45. The van der Waals surface area contributed by atoms with Gasteiger partial charge in [-0.3, -0.25) is 0 Å². The monoisotopic (exact) mass is 294 g/mol. The molecule has 1 aromatic rings. The zero-order valence-corrected chi connectivity index (χ0v) is 13.1. The van der Waals surface area contributed by atoms with Crippen LogP contribution in [0.25, 0.3) is 0 Å². The first-order valence-corrected chi connectivity index (χ1v) is 7.96. The fourth-order valence-corrected chi connectivity index (χ4v) is 3.07. The first-order chi connectivity index (χ1) is 10.1. The second-order valence-corrected chi connectivity index (χ2v) is 6.01. The van der Waals surface area contributed by atoms with Gasteiger partial charge in [0.15, 0.2) is 0 Å². The minimum absolute atomic E-state index is 0.285. The van der Waals surface area contributed by atoms with E-state index in [4.69, 9.17) is 0 Å². The van der Waals surface area contributed by atoms with Crippen LogP contribution in [0.15, 0.2) is 24.3 Å². The number of aliphatic hydroxyl groups is 1. The molecule has 0 radical (unpaired) electrons. The molecule has 1 aromatic carbocycles. The first-order valence-electron chi connectivity index (χ1n) is 7.96. The molecule has 0 amide bonds. The third-order valence-corrected chi connectivity index (χ3v) is 4.62. The van der Waals surface area contributed by atoms with Crippen molar-refractivity contribution < 1.29 is 9.50 Å². The van der Waals surface area contributed by atoms with Crippen LogP contribution >= 0.6 is 0 Å². The first kappa shape index (κ1) is 16.4. The molecule has 1 N–H and O–H groups in total. The molecule has 0 aromatic heterocycles. The predicted octanol–water partition coefficient (Wildman–Crippen LogP) is 2.67. The van der Waals surface area contributed by atoms with Gasteiger partial charge >= 0.3 is 0 Å². The van der Waals surface area contributed by atoms with E-state index in [1.165, 1.54) is 25.0 Å². The largest absolute Gasteiger partial charge is 0.388 e. The summed E-state index contributed by atoms with van der Waals surface area (Å²) in [5.74, 6) is -0.285. The van der Waals surface area contributed by atoms with Gasteiger partial charge in [-0.1, -0.05) is 19.1 Å². The number of rotatable bonds is 6. The summed E-state index contributed by atoms with van der Waals surface area (Å²) in [5.41, 5.74) is 0.671. The molecule has 0 saturated carbocycles. The molecule has 1 aliphatic rings. The molecule has 0 aliphatic carbocycles. The van der Waals surface area contributed by atoms with Crippen LogP contribution in [0.4, 0.5) is 4.39 Å². The van der Waals surface area contributed by atoms with Gasteiger partial charge in [-0.05, 0) is 63.6 Å². The van der Waals surface area contributed by atoms with E-state index in [0.717, 1.165) is 26.2 Å². The van der Waals surface area contributed by atoms with E-state index in [0.29, 0.717) is 18.0 Å². The Morgan fingerprint density at radius 1 is 1.38 bits per heavy atom. The number of hydrogen-bond donors (Lipinski definition) is 1. The van der Waals surface area contributed by atoms with Gasteiger partial charge < -0.3 is 14.9 Å². The highest BCUT2D eigenvalue weighted by Gasteiger charge is 2.22. The van der Waals surface area contributed by atoms with Gasteiger partial charge in [0, 0.05) is 12.6 Å². The Balaban J connectivity index is 1.77. The van der Waals surface area contributed by atoms with Crippen LogP contribution in [0.5, 0.6) is 0 Å². The molecule has 0 spiro atoms. The molecule has 1 saturated heterocycles. The molecule has 3 nitrogen and oxygen atoms in total. The highest BCUT2D eigenvalue weighted by atomic mass is 19.1. The van der Waals surface area contributed by atoms with Crippen molar-refractivity contribution in [2.75, 3.05) is 33.2 Å². The van der Waals surface area contributed by atoms with E-state index < -0.39 is 6.10 Å². The summed E-state index contributed by atoms with van der Waals surface area (Å²) < 4.78 is 13.2. The van der Waals surface area contributed by atoms with Crippen molar-refractivity contribution in [1.82, 2.24) is 9.80 Å². The topological polar surface area (TPSA) is 26.7 Å². The van der Waals surface area contributed by atoms with Gasteiger partial charge in [-0.2, -0.15) is 0 Å². The Morgan fingerprint density at radius 3 is 2.71 bits per heavy atom. The zero-order valence-electron chi connectivity index (χ0n) is 13.1. The van der Waals surface area contributed by atoms with Crippen molar-refractivity contribution in [2.45, 2.75) is 38.3 Å². The Bertz CT molecular complexity index is 433. The number of hydrogen-bond acceptors (Lipinski definition) is 3. The molecule has 0 bridgehead atoms. The van der Waals surface area contributed by atoms with Gasteiger partial charge in [-0.25, -0.2) is 4.39 Å². The SMILES string of the molecule is CCN1CCC(N(C)CCC(O)c2cccc(F)c2)CC1. The fraction of sp³-hybridized carbons (Fsp3) is 0.647. The summed E-state index contributed by atoms with van der Waals surface area (Å²) in [6, 6.07) is 6.87. The Labute approximate surface area is 127 Å². The van der Waals surface area contributed by atoms with E-state index >= 15 is 0 Å². The van der Waals surface area contributed by atoms with E-state index in [2.05, 4.69) is 23.8 Å². The lowest BCUT2D eigenvalue weighted by atomic mass is 10.0. The van der Waals surface area contributed by atoms with Gasteiger partial charge in [0.1, 0.15) is 5.82 Å². The van der Waals surface area contributed by atoms with Crippen molar-refractivity contribution in [1.29, 1.82) is 0 Å². The predicted molar refractivity (Wildman–Crippen MR) is 83.7 cm³/mol. The molecule has 1 fully saturated rings. The number of nitrogens with zero attached hydrogens (tertiary/aromatic N) is 2. The number of halogens is 1. The molecule has 4 heteroatoms. The normalized spacial score (nSPS) is 19.1. The summed E-state index contributed by atoms with van der Waals surface area (Å²) in [4.78, 5) is 4.82. The van der Waals surface area contributed by atoms with E-state index in [9.17, 15) is 9.50 Å². The lowest BCUT2D eigenvalue weighted by Crippen LogP contribution is -2.43. The quantitative estimate of drug-likeness (QED) is 0.874. The van der Waals surface area contributed by atoms with Crippen molar-refractivity contribution in [2.24, 2.45) is 0 Å². The lowest BCUT2D eigenvalue weighted by molar-refractivity contribution is 0.104. The number of aliphatic hydroxyl groups excluding tert-OH is 1. The lowest BCUT2D eigenvalue weighted by Gasteiger charge is -2.36. The molecular weight excluding hydrogens is 267 g/mol. The average Bonchev–Trinajstić information content (AvgIpc) is 2.52. The molecule has 1 unspecified atom stereocenters. The van der Waals surface area contributed by atoms with Crippen LogP contribution in [0.3, 0.4) is 0 Å². The smallest absolute Gasteiger partial charge is 0.123 e. The number of benzene rings is 1. The average molecular weight is 294 g/mol. The van der Waals surface area contributed by atoms with Crippen LogP contribution in [-0.4, -0.2) is 54.2 Å². The highest BCUT2D eigenvalue weighted by Crippen LogP contribution is 2.20.